The summed E-state index contributed by atoms with van der Waals surface area (Å²) in [5, 5.41) is 9.34. The van der Waals surface area contributed by atoms with Crippen molar-refractivity contribution in [2.24, 2.45) is 0 Å². The Morgan fingerprint density at radius 1 is 1.29 bits per heavy atom. The summed E-state index contributed by atoms with van der Waals surface area (Å²) in [4.78, 5) is 25.4. The molecule has 0 spiro atoms. The highest BCUT2D eigenvalue weighted by molar-refractivity contribution is 5.99. The summed E-state index contributed by atoms with van der Waals surface area (Å²) in [6.45, 7) is 0.0894. The Labute approximate surface area is 138 Å². The van der Waals surface area contributed by atoms with Crippen LogP contribution in [0.3, 0.4) is 0 Å². The molecule has 1 heterocycles. The number of ether oxygens (including phenoxy) is 1. The number of carboxylic acid groups (broad SMARTS) is 1. The van der Waals surface area contributed by atoms with E-state index in [1.807, 2.05) is 0 Å². The van der Waals surface area contributed by atoms with Crippen LogP contribution in [0.1, 0.15) is 17.0 Å². The van der Waals surface area contributed by atoms with Gasteiger partial charge in [-0.15, -0.1) is 0 Å². The zero-order valence-electron chi connectivity index (χ0n) is 13.0. The molecule has 1 amide bonds. The molecule has 0 fully saturated rings. The van der Waals surface area contributed by atoms with E-state index in [2.05, 4.69) is 0 Å². The molecule has 24 heavy (non-hydrogen) atoms. The van der Waals surface area contributed by atoms with Gasteiger partial charge < -0.3 is 14.7 Å². The Morgan fingerprint density at radius 3 is 2.71 bits per heavy atom. The number of benzene rings is 2. The number of anilines is 1. The minimum atomic E-state index is -0.965. The van der Waals surface area contributed by atoms with Gasteiger partial charge >= 0.3 is 5.97 Å². The molecule has 1 N–H and O–H groups in total. The molecular formula is C18H16FNO4. The van der Waals surface area contributed by atoms with Gasteiger partial charge in [0.2, 0.25) is 5.91 Å². The predicted octanol–water partition coefficient (Wildman–Crippen LogP) is 2.59. The smallest absolute Gasteiger partial charge is 0.312 e. The Balaban J connectivity index is 1.83. The summed E-state index contributed by atoms with van der Waals surface area (Å²) in [6, 6.07) is 11.3. The number of hydrogen-bond donors (Lipinski definition) is 1. The Hall–Kier alpha value is -2.89. The molecule has 2 aromatic carbocycles. The lowest BCUT2D eigenvalue weighted by Crippen LogP contribution is -2.32. The Kier molecular flexibility index (Phi) is 4.20. The van der Waals surface area contributed by atoms with Gasteiger partial charge in [-0.3, -0.25) is 9.59 Å². The van der Waals surface area contributed by atoms with Gasteiger partial charge in [-0.25, -0.2) is 4.39 Å². The van der Waals surface area contributed by atoms with Crippen molar-refractivity contribution in [3.63, 3.8) is 0 Å². The van der Waals surface area contributed by atoms with Crippen molar-refractivity contribution in [2.45, 2.75) is 12.3 Å². The van der Waals surface area contributed by atoms with Crippen LogP contribution in [0.25, 0.3) is 0 Å². The lowest BCUT2D eigenvalue weighted by molar-refractivity contribution is -0.138. The number of carbonyl (C=O) groups excluding carboxylic acids is 1. The third-order valence-corrected chi connectivity index (χ3v) is 4.14. The van der Waals surface area contributed by atoms with Gasteiger partial charge in [0, 0.05) is 12.2 Å². The van der Waals surface area contributed by atoms with E-state index in [1.165, 1.54) is 24.1 Å². The van der Waals surface area contributed by atoms with Crippen molar-refractivity contribution in [1.82, 2.24) is 0 Å². The van der Waals surface area contributed by atoms with E-state index in [0.717, 1.165) is 0 Å². The van der Waals surface area contributed by atoms with E-state index in [0.29, 0.717) is 16.8 Å². The molecule has 0 saturated carbocycles. The van der Waals surface area contributed by atoms with Crippen molar-refractivity contribution in [2.75, 3.05) is 18.6 Å². The van der Waals surface area contributed by atoms with Crippen molar-refractivity contribution in [1.29, 1.82) is 0 Å². The second kappa shape index (κ2) is 6.31. The van der Waals surface area contributed by atoms with Crippen molar-refractivity contribution >= 4 is 17.6 Å². The van der Waals surface area contributed by atoms with Crippen LogP contribution in [0.4, 0.5) is 10.1 Å². The molecule has 1 aliphatic rings. The molecule has 0 aromatic heterocycles. The van der Waals surface area contributed by atoms with Gasteiger partial charge in [0.25, 0.3) is 0 Å². The molecule has 124 valence electrons. The summed E-state index contributed by atoms with van der Waals surface area (Å²) in [7, 11) is 1.37. The van der Waals surface area contributed by atoms with Gasteiger partial charge in [0.1, 0.15) is 5.92 Å². The summed E-state index contributed by atoms with van der Waals surface area (Å²) < 4.78 is 18.6. The Bertz CT molecular complexity index is 805. The maximum atomic E-state index is 13.8. The quantitative estimate of drug-likeness (QED) is 0.936. The largest absolute Gasteiger partial charge is 0.494 e. The number of para-hydroxylation sites is 1. The van der Waals surface area contributed by atoms with E-state index in [4.69, 9.17) is 4.74 Å². The summed E-state index contributed by atoms with van der Waals surface area (Å²) in [5.41, 5.74) is 1.73. The molecule has 0 bridgehead atoms. The highest BCUT2D eigenvalue weighted by Crippen LogP contribution is 2.36. The zero-order valence-corrected chi connectivity index (χ0v) is 13.0. The zero-order chi connectivity index (χ0) is 17.3. The van der Waals surface area contributed by atoms with Crippen molar-refractivity contribution in [3.8, 4) is 5.75 Å². The van der Waals surface area contributed by atoms with Gasteiger partial charge in [-0.1, -0.05) is 24.3 Å². The third kappa shape index (κ3) is 2.82. The van der Waals surface area contributed by atoms with Gasteiger partial charge in [0.15, 0.2) is 11.6 Å². The van der Waals surface area contributed by atoms with Gasteiger partial charge in [-0.2, -0.15) is 0 Å². The number of aliphatic carboxylic acids is 1. The summed E-state index contributed by atoms with van der Waals surface area (Å²) in [6.07, 6.45) is -0.0123. The maximum absolute atomic E-state index is 13.8. The number of hydrogen-bond acceptors (Lipinski definition) is 3. The molecule has 6 heteroatoms. The monoisotopic (exact) mass is 329 g/mol. The number of carbonyl (C=O) groups is 2. The van der Waals surface area contributed by atoms with Crippen LogP contribution in [0, 0.1) is 5.82 Å². The highest BCUT2D eigenvalue weighted by Gasteiger charge is 2.36. The number of carboxylic acids is 1. The normalized spacial score (nSPS) is 15.9. The second-order valence-electron chi connectivity index (χ2n) is 5.60. The molecule has 0 aliphatic carbocycles. The molecule has 5 nitrogen and oxygen atoms in total. The summed E-state index contributed by atoms with van der Waals surface area (Å²) in [5.74, 6) is -2.39. The first-order valence-corrected chi connectivity index (χ1v) is 7.45. The lowest BCUT2D eigenvalue weighted by atomic mass is 10.0. The average Bonchev–Trinajstić information content (AvgIpc) is 2.95. The number of halogens is 1. The molecule has 1 aliphatic heterocycles. The number of fused-ring (bicyclic) bond motifs is 1. The number of nitrogens with zero attached hydrogens (tertiary/aromatic N) is 1. The van der Waals surface area contributed by atoms with Crippen molar-refractivity contribution < 1.29 is 23.8 Å². The maximum Gasteiger partial charge on any atom is 0.312 e. The summed E-state index contributed by atoms with van der Waals surface area (Å²) >= 11 is 0. The van der Waals surface area contributed by atoms with Gasteiger partial charge in [-0.05, 0) is 29.3 Å². The topological polar surface area (TPSA) is 66.8 Å². The van der Waals surface area contributed by atoms with E-state index < -0.39 is 17.7 Å². The first-order chi connectivity index (χ1) is 11.5. The van der Waals surface area contributed by atoms with Crippen LogP contribution in [0.5, 0.6) is 5.75 Å². The van der Waals surface area contributed by atoms with E-state index in [-0.39, 0.29) is 24.6 Å². The SMILES string of the molecule is COc1ccc(CC(=O)N2C[C@H](C(=O)O)c3ccccc32)cc1F. The van der Waals surface area contributed by atoms with Crippen LogP contribution >= 0.6 is 0 Å². The molecule has 2 aromatic rings. The van der Waals surface area contributed by atoms with Crippen LogP contribution in [0.2, 0.25) is 0 Å². The molecular weight excluding hydrogens is 313 g/mol. The first-order valence-electron chi connectivity index (χ1n) is 7.45. The number of methoxy groups -OCH3 is 1. The molecule has 1 atom stereocenters. The minimum absolute atomic E-state index is 0.0123. The van der Waals surface area contributed by atoms with Crippen molar-refractivity contribution in [3.05, 3.63) is 59.4 Å². The fourth-order valence-electron chi connectivity index (χ4n) is 2.94. The average molecular weight is 329 g/mol. The molecule has 0 radical (unpaired) electrons. The van der Waals surface area contributed by atoms with Crippen LogP contribution in [-0.2, 0) is 16.0 Å². The van der Waals surface area contributed by atoms with E-state index in [9.17, 15) is 19.1 Å². The molecule has 0 saturated heterocycles. The number of amides is 1. The van der Waals surface area contributed by atoms with Gasteiger partial charge in [0.05, 0.1) is 13.5 Å². The van der Waals surface area contributed by atoms with Crippen LogP contribution in [0.15, 0.2) is 42.5 Å². The first kappa shape index (κ1) is 16.0. The van der Waals surface area contributed by atoms with Crippen LogP contribution < -0.4 is 9.64 Å². The molecule has 0 unspecified atom stereocenters. The van der Waals surface area contributed by atoms with E-state index >= 15 is 0 Å². The standard InChI is InChI=1S/C18H16FNO4/c1-24-16-7-6-11(8-14(16)19)9-17(21)20-10-13(18(22)23)12-4-2-3-5-15(12)20/h2-8,13H,9-10H2,1H3,(H,22,23)/t13-/m0/s1. The second-order valence-corrected chi connectivity index (χ2v) is 5.60. The fourth-order valence-corrected chi connectivity index (χ4v) is 2.94. The lowest BCUT2D eigenvalue weighted by Gasteiger charge is -2.17. The third-order valence-electron chi connectivity index (χ3n) is 4.14. The van der Waals surface area contributed by atoms with E-state index in [1.54, 1.807) is 30.3 Å². The number of rotatable bonds is 4. The Morgan fingerprint density at radius 2 is 2.04 bits per heavy atom. The highest BCUT2D eigenvalue weighted by atomic mass is 19.1. The fraction of sp³-hybridized carbons (Fsp3) is 0.222. The molecule has 3 rings (SSSR count). The predicted molar refractivity (Wildman–Crippen MR) is 85.8 cm³/mol. The van der Waals surface area contributed by atoms with Crippen LogP contribution in [-0.4, -0.2) is 30.6 Å². The minimum Gasteiger partial charge on any atom is -0.494 e.